The van der Waals surface area contributed by atoms with Crippen molar-refractivity contribution < 1.29 is 13.9 Å². The van der Waals surface area contributed by atoms with Crippen molar-refractivity contribution in [2.75, 3.05) is 6.61 Å². The highest BCUT2D eigenvalue weighted by Gasteiger charge is 2.33. The summed E-state index contributed by atoms with van der Waals surface area (Å²) in [4.78, 5) is 17.2. The van der Waals surface area contributed by atoms with Crippen LogP contribution in [-0.4, -0.2) is 28.5 Å². The number of ether oxygens (including phenoxy) is 1. The lowest BCUT2D eigenvalue weighted by Gasteiger charge is -2.24. The maximum Gasteiger partial charge on any atom is 0.333 e. The Bertz CT molecular complexity index is 558. The fourth-order valence-electron chi connectivity index (χ4n) is 2.10. The summed E-state index contributed by atoms with van der Waals surface area (Å²) in [6.45, 7) is 0.803. The van der Waals surface area contributed by atoms with Gasteiger partial charge in [0.1, 0.15) is 6.61 Å². The Morgan fingerprint density at radius 1 is 1.47 bits per heavy atom. The minimum atomic E-state index is -0.526. The van der Waals surface area contributed by atoms with Crippen LogP contribution in [0.15, 0.2) is 23.9 Å². The van der Waals surface area contributed by atoms with Gasteiger partial charge in [-0.05, 0) is 25.0 Å². The van der Waals surface area contributed by atoms with Crippen LogP contribution >= 0.6 is 11.6 Å². The van der Waals surface area contributed by atoms with Gasteiger partial charge < -0.3 is 9.64 Å². The number of esters is 1. The van der Waals surface area contributed by atoms with Crippen LogP contribution in [0.25, 0.3) is 0 Å². The number of halogens is 2. The Hall–Kier alpha value is -1.62. The maximum absolute atomic E-state index is 13.1. The molecule has 2 aliphatic rings. The molecule has 0 atom stereocenters. The largest absolute Gasteiger partial charge is 0.456 e. The smallest absolute Gasteiger partial charge is 0.333 e. The van der Waals surface area contributed by atoms with Crippen LogP contribution < -0.4 is 0 Å². The molecule has 1 aromatic rings. The van der Waals surface area contributed by atoms with Gasteiger partial charge in [0, 0.05) is 12.1 Å². The third-order valence-electron chi connectivity index (χ3n) is 3.20. The van der Waals surface area contributed by atoms with Gasteiger partial charge in [0.05, 0.1) is 17.9 Å². The van der Waals surface area contributed by atoms with Gasteiger partial charge in [0.15, 0.2) is 11.0 Å². The topological polar surface area (TPSA) is 42.4 Å². The molecule has 0 N–H and O–H groups in total. The number of rotatable bonds is 4. The molecule has 0 radical (unpaired) electrons. The molecule has 1 aliphatic carbocycles. The van der Waals surface area contributed by atoms with E-state index < -0.39 is 5.82 Å². The van der Waals surface area contributed by atoms with Gasteiger partial charge in [-0.2, -0.15) is 0 Å². The lowest BCUT2D eigenvalue weighted by atomic mass is 10.3. The lowest BCUT2D eigenvalue weighted by Crippen LogP contribution is -2.26. The molecule has 2 heterocycles. The van der Waals surface area contributed by atoms with Crippen molar-refractivity contribution in [1.29, 1.82) is 0 Å². The van der Waals surface area contributed by atoms with Gasteiger partial charge in [-0.1, -0.05) is 11.6 Å². The van der Waals surface area contributed by atoms with E-state index in [9.17, 15) is 9.18 Å². The molecule has 0 unspecified atom stereocenters. The Balaban J connectivity index is 1.80. The van der Waals surface area contributed by atoms with Crippen molar-refractivity contribution in [2.24, 2.45) is 0 Å². The molecule has 0 saturated heterocycles. The normalized spacial score (nSPS) is 18.2. The van der Waals surface area contributed by atoms with Crippen LogP contribution in [-0.2, 0) is 16.1 Å². The number of cyclic esters (lactones) is 1. The van der Waals surface area contributed by atoms with Crippen molar-refractivity contribution in [3.05, 3.63) is 40.6 Å². The zero-order valence-electron chi connectivity index (χ0n) is 10.1. The third-order valence-corrected chi connectivity index (χ3v) is 3.46. The van der Waals surface area contributed by atoms with E-state index in [0.29, 0.717) is 24.9 Å². The highest BCUT2D eigenvalue weighted by molar-refractivity contribution is 6.29. The Kier molecular flexibility index (Phi) is 3.14. The number of carbonyl (C=O) groups excluding carboxylic acids is 1. The van der Waals surface area contributed by atoms with Gasteiger partial charge >= 0.3 is 5.97 Å². The Morgan fingerprint density at radius 2 is 2.26 bits per heavy atom. The van der Waals surface area contributed by atoms with Crippen LogP contribution in [0.3, 0.4) is 0 Å². The highest BCUT2D eigenvalue weighted by atomic mass is 35.5. The van der Waals surface area contributed by atoms with Crippen LogP contribution in [0, 0.1) is 5.82 Å². The fraction of sp³-hybridized carbons (Fsp3) is 0.385. The quantitative estimate of drug-likeness (QED) is 0.628. The summed E-state index contributed by atoms with van der Waals surface area (Å²) >= 11 is 5.68. The second-order valence-electron chi connectivity index (χ2n) is 4.68. The molecular formula is C13H12ClFN2O2. The summed E-state index contributed by atoms with van der Waals surface area (Å²) < 4.78 is 18.0. The minimum absolute atomic E-state index is 0.124. The zero-order valence-corrected chi connectivity index (χ0v) is 10.9. The first kappa shape index (κ1) is 12.4. The average Bonchev–Trinajstić information content (AvgIpc) is 3.13. The van der Waals surface area contributed by atoms with E-state index in [4.69, 9.17) is 16.3 Å². The second-order valence-corrected chi connectivity index (χ2v) is 5.04. The molecule has 3 rings (SSSR count). The molecule has 1 aliphatic heterocycles. The number of pyridine rings is 1. The number of hydrogen-bond donors (Lipinski definition) is 0. The number of nitrogens with zero attached hydrogens (tertiary/aromatic N) is 2. The summed E-state index contributed by atoms with van der Waals surface area (Å²) in [6.07, 6.45) is 3.67. The molecule has 0 amide bonds. The van der Waals surface area contributed by atoms with E-state index in [1.807, 2.05) is 0 Å². The molecule has 100 valence electrons. The van der Waals surface area contributed by atoms with Gasteiger partial charge in [-0.15, -0.1) is 0 Å². The monoisotopic (exact) mass is 282 g/mol. The molecule has 1 aromatic heterocycles. The molecule has 19 heavy (non-hydrogen) atoms. The van der Waals surface area contributed by atoms with Crippen molar-refractivity contribution in [3.8, 4) is 0 Å². The van der Waals surface area contributed by atoms with E-state index in [1.165, 1.54) is 12.1 Å². The van der Waals surface area contributed by atoms with E-state index in [2.05, 4.69) is 9.88 Å². The second kappa shape index (κ2) is 4.81. The maximum atomic E-state index is 13.1. The molecule has 6 heteroatoms. The van der Waals surface area contributed by atoms with Gasteiger partial charge in [-0.25, -0.2) is 14.2 Å². The van der Waals surface area contributed by atoms with Crippen LogP contribution in [0.1, 0.15) is 18.5 Å². The van der Waals surface area contributed by atoms with Gasteiger partial charge in [0.25, 0.3) is 0 Å². The summed E-state index contributed by atoms with van der Waals surface area (Å²) in [6, 6.07) is 3.32. The van der Waals surface area contributed by atoms with Crippen molar-refractivity contribution in [3.63, 3.8) is 0 Å². The standard InChI is InChI=1S/C13H12ClFN2O2/c14-13-11(15)4-1-8(16-13)6-17(9-2-3-9)10-5-12(18)19-7-10/h1,4-5,9H,2-3,6-7H2. The fourth-order valence-corrected chi connectivity index (χ4v) is 2.27. The number of carbonyl (C=O) groups is 1. The van der Waals surface area contributed by atoms with Gasteiger partial charge in [0.2, 0.25) is 0 Å². The van der Waals surface area contributed by atoms with E-state index >= 15 is 0 Å². The molecule has 1 fully saturated rings. The first-order valence-corrected chi connectivity index (χ1v) is 6.46. The number of aromatic nitrogens is 1. The predicted octanol–water partition coefficient (Wildman–Crippen LogP) is 2.28. The zero-order chi connectivity index (χ0) is 13.4. The Labute approximate surface area is 114 Å². The van der Waals surface area contributed by atoms with Crippen LogP contribution in [0.5, 0.6) is 0 Å². The number of hydrogen-bond acceptors (Lipinski definition) is 4. The van der Waals surface area contributed by atoms with E-state index in [0.717, 1.165) is 18.5 Å². The first-order valence-electron chi connectivity index (χ1n) is 6.08. The van der Waals surface area contributed by atoms with Crippen LogP contribution in [0.4, 0.5) is 4.39 Å². The SMILES string of the molecule is O=C1C=C(N(Cc2ccc(F)c(Cl)n2)C2CC2)CO1. The highest BCUT2D eigenvalue weighted by Crippen LogP contribution is 2.32. The van der Waals surface area contributed by atoms with Crippen LogP contribution in [0.2, 0.25) is 5.15 Å². The van der Waals surface area contributed by atoms with Crippen molar-refractivity contribution in [1.82, 2.24) is 9.88 Å². The average molecular weight is 283 g/mol. The first-order chi connectivity index (χ1) is 9.13. The summed E-state index contributed by atoms with van der Waals surface area (Å²) in [7, 11) is 0. The third kappa shape index (κ3) is 2.71. The van der Waals surface area contributed by atoms with E-state index in [-0.39, 0.29) is 11.1 Å². The molecule has 0 aromatic carbocycles. The van der Waals surface area contributed by atoms with Crippen molar-refractivity contribution in [2.45, 2.75) is 25.4 Å². The molecule has 0 bridgehead atoms. The molecule has 4 nitrogen and oxygen atoms in total. The van der Waals surface area contributed by atoms with Crippen molar-refractivity contribution >= 4 is 17.6 Å². The summed E-state index contributed by atoms with van der Waals surface area (Å²) in [5.74, 6) is -0.840. The predicted molar refractivity (Wildman–Crippen MR) is 66.8 cm³/mol. The lowest BCUT2D eigenvalue weighted by molar-refractivity contribution is -0.135. The summed E-state index contributed by atoms with van der Waals surface area (Å²) in [5, 5.41) is -0.124. The Morgan fingerprint density at radius 3 is 2.84 bits per heavy atom. The minimum Gasteiger partial charge on any atom is -0.456 e. The molecule has 1 saturated carbocycles. The molecule has 0 spiro atoms. The van der Waals surface area contributed by atoms with Gasteiger partial charge in [-0.3, -0.25) is 0 Å². The summed E-state index contributed by atoms with van der Waals surface area (Å²) in [5.41, 5.74) is 1.54. The molecular weight excluding hydrogens is 271 g/mol. The van der Waals surface area contributed by atoms with E-state index in [1.54, 1.807) is 6.07 Å².